The van der Waals surface area contributed by atoms with Gasteiger partial charge in [0, 0.05) is 11.6 Å². The number of benzene rings is 1. The zero-order valence-corrected chi connectivity index (χ0v) is 17.4. The molecule has 0 saturated heterocycles. The molecule has 30 heavy (non-hydrogen) atoms. The van der Waals surface area contributed by atoms with E-state index in [4.69, 9.17) is 9.94 Å². The third kappa shape index (κ3) is 7.32. The fourth-order valence-corrected chi connectivity index (χ4v) is 3.07. The van der Waals surface area contributed by atoms with E-state index >= 15 is 0 Å². The molecule has 9 nitrogen and oxygen atoms in total. The van der Waals surface area contributed by atoms with Crippen LogP contribution in [0, 0.1) is 0 Å². The zero-order chi connectivity index (χ0) is 22.2. The van der Waals surface area contributed by atoms with Crippen molar-refractivity contribution < 1.29 is 24.3 Å². The Balaban J connectivity index is 2.02. The molecule has 0 radical (unpaired) electrons. The lowest BCUT2D eigenvalue weighted by Crippen LogP contribution is -2.49. The summed E-state index contributed by atoms with van der Waals surface area (Å²) in [6.07, 6.45) is 6.92. The number of hydrogen-bond acceptors (Lipinski definition) is 6. The Morgan fingerprint density at radius 3 is 2.53 bits per heavy atom. The second-order valence-electron chi connectivity index (χ2n) is 8.12. The molecule has 0 atom stereocenters. The van der Waals surface area contributed by atoms with E-state index in [1.165, 1.54) is 11.6 Å². The molecule has 0 bridgehead atoms. The maximum atomic E-state index is 12.4. The van der Waals surface area contributed by atoms with Crippen molar-refractivity contribution in [2.24, 2.45) is 5.10 Å². The summed E-state index contributed by atoms with van der Waals surface area (Å²) >= 11 is 0. The lowest BCUT2D eigenvalue weighted by atomic mass is 10.00. The molecule has 1 aromatic carbocycles. The van der Waals surface area contributed by atoms with Crippen LogP contribution in [0.25, 0.3) is 6.08 Å². The number of nitrogens with one attached hydrogen (secondary N) is 3. The van der Waals surface area contributed by atoms with E-state index in [1.807, 2.05) is 0 Å². The summed E-state index contributed by atoms with van der Waals surface area (Å²) in [5, 5.41) is 15.4. The number of nitrogens with zero attached hydrogens (tertiary/aromatic N) is 1. The minimum absolute atomic E-state index is 0.347. The van der Waals surface area contributed by atoms with E-state index in [9.17, 15) is 14.4 Å². The van der Waals surface area contributed by atoms with Gasteiger partial charge in [-0.1, -0.05) is 25.0 Å². The average molecular weight is 416 g/mol. The summed E-state index contributed by atoms with van der Waals surface area (Å²) < 4.78 is 5.33. The Hall–Kier alpha value is -3.20. The molecule has 0 aromatic heterocycles. The summed E-state index contributed by atoms with van der Waals surface area (Å²) in [6, 6.07) is 6.56. The van der Waals surface area contributed by atoms with E-state index < -0.39 is 29.0 Å². The smallest absolute Gasteiger partial charge is 0.408 e. The zero-order valence-electron chi connectivity index (χ0n) is 17.4. The quantitative estimate of drug-likeness (QED) is 0.245. The van der Waals surface area contributed by atoms with Crippen LogP contribution in [0.5, 0.6) is 0 Å². The lowest BCUT2D eigenvalue weighted by Gasteiger charge is -2.28. The maximum absolute atomic E-state index is 12.4. The standard InChI is InChI=1S/C21H28N4O5/c1-20(2,3)30-19(28)23-21(11-4-5-12-21)14-22-24-18(27)16-8-6-7-15(13-16)9-10-17(26)25-29/h6-10,13-14,29H,4-5,11-12H2,1-3H3,(H,23,28)(H,24,27)(H,25,26)/b10-9+,22-14+. The van der Waals surface area contributed by atoms with E-state index in [1.54, 1.807) is 51.3 Å². The summed E-state index contributed by atoms with van der Waals surface area (Å²) in [4.78, 5) is 35.6. The molecule has 1 aliphatic carbocycles. The van der Waals surface area contributed by atoms with Crippen LogP contribution in [0.1, 0.15) is 62.4 Å². The summed E-state index contributed by atoms with van der Waals surface area (Å²) in [7, 11) is 0. The summed E-state index contributed by atoms with van der Waals surface area (Å²) in [5.41, 5.74) is 3.66. The van der Waals surface area contributed by atoms with Crippen LogP contribution in [-0.2, 0) is 9.53 Å². The van der Waals surface area contributed by atoms with Crippen molar-refractivity contribution in [3.05, 3.63) is 41.5 Å². The first kappa shape index (κ1) is 23.1. The van der Waals surface area contributed by atoms with Crippen molar-refractivity contribution in [1.82, 2.24) is 16.2 Å². The third-order valence-corrected chi connectivity index (χ3v) is 4.41. The number of hydrogen-bond donors (Lipinski definition) is 4. The summed E-state index contributed by atoms with van der Waals surface area (Å²) in [5.74, 6) is -1.10. The van der Waals surface area contributed by atoms with Crippen LogP contribution < -0.4 is 16.2 Å². The molecule has 1 aromatic rings. The van der Waals surface area contributed by atoms with Gasteiger partial charge in [0.05, 0.1) is 11.8 Å². The maximum Gasteiger partial charge on any atom is 0.408 e. The van der Waals surface area contributed by atoms with Gasteiger partial charge in [-0.2, -0.15) is 5.10 Å². The van der Waals surface area contributed by atoms with Crippen molar-refractivity contribution in [3.8, 4) is 0 Å². The molecule has 0 spiro atoms. The predicted molar refractivity (Wildman–Crippen MR) is 112 cm³/mol. The highest BCUT2D eigenvalue weighted by Gasteiger charge is 2.35. The van der Waals surface area contributed by atoms with Crippen molar-refractivity contribution >= 4 is 30.2 Å². The van der Waals surface area contributed by atoms with E-state index in [-0.39, 0.29) is 0 Å². The van der Waals surface area contributed by atoms with Gasteiger partial charge in [0.15, 0.2) is 0 Å². The first-order valence-electron chi connectivity index (χ1n) is 9.70. The average Bonchev–Trinajstić information content (AvgIpc) is 3.12. The predicted octanol–water partition coefficient (Wildman–Crippen LogP) is 2.76. The van der Waals surface area contributed by atoms with Gasteiger partial charge in [-0.05, 0) is 57.4 Å². The van der Waals surface area contributed by atoms with Gasteiger partial charge in [-0.15, -0.1) is 0 Å². The highest BCUT2D eigenvalue weighted by molar-refractivity contribution is 5.96. The Kier molecular flexibility index (Phi) is 7.71. The summed E-state index contributed by atoms with van der Waals surface area (Å²) in [6.45, 7) is 5.38. The molecule has 1 aliphatic rings. The number of amides is 3. The number of carbonyl (C=O) groups is 3. The van der Waals surface area contributed by atoms with Gasteiger partial charge in [0.2, 0.25) is 0 Å². The number of carbonyl (C=O) groups excluding carboxylic acids is 3. The molecule has 162 valence electrons. The Morgan fingerprint density at radius 2 is 1.90 bits per heavy atom. The first-order chi connectivity index (χ1) is 14.1. The van der Waals surface area contributed by atoms with E-state index in [0.717, 1.165) is 18.9 Å². The molecule has 0 unspecified atom stereocenters. The monoisotopic (exact) mass is 416 g/mol. The second-order valence-corrected chi connectivity index (χ2v) is 8.12. The van der Waals surface area contributed by atoms with Crippen LogP contribution in [0.15, 0.2) is 35.4 Å². The number of hydrazone groups is 1. The first-order valence-corrected chi connectivity index (χ1v) is 9.70. The molecule has 1 fully saturated rings. The van der Waals surface area contributed by atoms with E-state index in [2.05, 4.69) is 15.8 Å². The largest absolute Gasteiger partial charge is 0.444 e. The Morgan fingerprint density at radius 1 is 1.20 bits per heavy atom. The van der Waals surface area contributed by atoms with Crippen LogP contribution in [0.2, 0.25) is 0 Å². The molecule has 0 heterocycles. The number of ether oxygens (including phenoxy) is 1. The van der Waals surface area contributed by atoms with Gasteiger partial charge in [-0.3, -0.25) is 14.8 Å². The van der Waals surface area contributed by atoms with Crippen molar-refractivity contribution in [2.45, 2.75) is 57.6 Å². The lowest BCUT2D eigenvalue weighted by molar-refractivity contribution is -0.124. The normalized spacial score (nSPS) is 15.9. The van der Waals surface area contributed by atoms with Crippen LogP contribution in [0.3, 0.4) is 0 Å². The second kappa shape index (κ2) is 10.0. The van der Waals surface area contributed by atoms with Gasteiger partial charge in [0.1, 0.15) is 5.60 Å². The van der Waals surface area contributed by atoms with Crippen LogP contribution in [-0.4, -0.2) is 40.5 Å². The molecular weight excluding hydrogens is 388 g/mol. The molecule has 4 N–H and O–H groups in total. The minimum Gasteiger partial charge on any atom is -0.444 e. The molecule has 2 rings (SSSR count). The fourth-order valence-electron chi connectivity index (χ4n) is 3.07. The van der Waals surface area contributed by atoms with Gasteiger partial charge < -0.3 is 10.1 Å². The Bertz CT molecular complexity index is 836. The highest BCUT2D eigenvalue weighted by atomic mass is 16.6. The SMILES string of the molecule is CC(C)(C)OC(=O)NC1(/C=N/NC(=O)c2cccc(/C=C/C(=O)NO)c2)CCCC1. The van der Waals surface area contributed by atoms with Crippen molar-refractivity contribution in [1.29, 1.82) is 0 Å². The highest BCUT2D eigenvalue weighted by Crippen LogP contribution is 2.28. The van der Waals surface area contributed by atoms with Gasteiger partial charge in [0.25, 0.3) is 11.8 Å². The molecule has 3 amide bonds. The number of hydroxylamine groups is 1. The number of rotatable bonds is 6. The van der Waals surface area contributed by atoms with Crippen LogP contribution >= 0.6 is 0 Å². The van der Waals surface area contributed by atoms with Crippen molar-refractivity contribution in [3.63, 3.8) is 0 Å². The van der Waals surface area contributed by atoms with Gasteiger partial charge in [-0.25, -0.2) is 15.7 Å². The molecular formula is C21H28N4O5. The van der Waals surface area contributed by atoms with E-state index in [0.29, 0.717) is 24.0 Å². The number of alkyl carbamates (subject to hydrolysis) is 1. The van der Waals surface area contributed by atoms with Crippen LogP contribution in [0.4, 0.5) is 4.79 Å². The van der Waals surface area contributed by atoms with Crippen molar-refractivity contribution in [2.75, 3.05) is 0 Å². The fraction of sp³-hybridized carbons (Fsp3) is 0.429. The Labute approximate surface area is 175 Å². The molecule has 9 heteroatoms. The minimum atomic E-state index is -0.672. The third-order valence-electron chi connectivity index (χ3n) is 4.41. The molecule has 0 aliphatic heterocycles. The topological polar surface area (TPSA) is 129 Å². The molecule has 1 saturated carbocycles. The van der Waals surface area contributed by atoms with Gasteiger partial charge >= 0.3 is 6.09 Å².